The zero-order chi connectivity index (χ0) is 25.3. The van der Waals surface area contributed by atoms with E-state index in [1.807, 2.05) is 40.3 Å². The summed E-state index contributed by atoms with van der Waals surface area (Å²) in [6.07, 6.45) is 1.47. The third-order valence-corrected chi connectivity index (χ3v) is 7.93. The van der Waals surface area contributed by atoms with Gasteiger partial charge < -0.3 is 28.8 Å². The van der Waals surface area contributed by atoms with Gasteiger partial charge in [0.05, 0.1) is 20.2 Å². The van der Waals surface area contributed by atoms with Crippen molar-refractivity contribution in [3.8, 4) is 11.5 Å². The molecule has 3 N–H and O–H groups in total. The van der Waals surface area contributed by atoms with E-state index in [0.29, 0.717) is 11.5 Å². The van der Waals surface area contributed by atoms with Gasteiger partial charge >= 0.3 is 7.82 Å². The van der Waals surface area contributed by atoms with Crippen LogP contribution in [0.3, 0.4) is 0 Å². The predicted molar refractivity (Wildman–Crippen MR) is 148 cm³/mol. The monoisotopic (exact) mass is 626 g/mol. The Bertz CT molecular complexity index is 1300. The number of H-pyrrole nitrogens is 2. The maximum atomic E-state index is 13.3. The largest absolute Gasteiger partial charge is 0.584 e. The van der Waals surface area contributed by atoms with E-state index in [9.17, 15) is 9.46 Å². The first-order chi connectivity index (χ1) is 16.6. The molecular formula is C24H29Br2N4O4P. The van der Waals surface area contributed by atoms with E-state index in [1.165, 1.54) is 0 Å². The van der Waals surface area contributed by atoms with Crippen molar-refractivity contribution < 1.29 is 18.5 Å². The summed E-state index contributed by atoms with van der Waals surface area (Å²) in [5, 5.41) is 1.52. The van der Waals surface area contributed by atoms with Gasteiger partial charge in [0.1, 0.15) is 11.5 Å². The lowest BCUT2D eigenvalue weighted by Gasteiger charge is -2.17. The molecule has 0 saturated heterocycles. The van der Waals surface area contributed by atoms with Gasteiger partial charge in [0.15, 0.2) is 0 Å². The first-order valence-corrected chi connectivity index (χ1v) is 14.2. The number of halogens is 2. The van der Waals surface area contributed by atoms with Crippen LogP contribution < -0.4 is 9.05 Å². The summed E-state index contributed by atoms with van der Waals surface area (Å²) in [4.78, 5) is 21.5. The third-order valence-electron chi connectivity index (χ3n) is 5.72. The van der Waals surface area contributed by atoms with Crippen LogP contribution in [-0.2, 0) is 17.4 Å². The first-order valence-electron chi connectivity index (χ1n) is 11.2. The topological polar surface area (TPSA) is 93.8 Å². The van der Waals surface area contributed by atoms with Gasteiger partial charge in [-0.15, -0.1) is 0 Å². The summed E-state index contributed by atoms with van der Waals surface area (Å²) in [5.74, 6) is 0.582. The third kappa shape index (κ3) is 5.96. The number of aromatic nitrogens is 2. The highest BCUT2D eigenvalue weighted by Gasteiger charge is 2.29. The van der Waals surface area contributed by atoms with Crippen molar-refractivity contribution in [2.45, 2.75) is 12.8 Å². The fourth-order valence-electron chi connectivity index (χ4n) is 4.06. The Kier molecular flexibility index (Phi) is 8.00. The van der Waals surface area contributed by atoms with Gasteiger partial charge in [-0.1, -0.05) is 12.1 Å². The van der Waals surface area contributed by atoms with Crippen molar-refractivity contribution in [1.82, 2.24) is 19.8 Å². The molecule has 0 unspecified atom stereocenters. The molecule has 35 heavy (non-hydrogen) atoms. The molecule has 0 aliphatic rings. The molecule has 2 aromatic carbocycles. The SMILES string of the molecule is CN(C)CCc1c(Br)[nH]c2cccc(OP(=O)(O)Oc3cccc4[nH]c(Br)c(CCN(C)C)c34)c12. The van der Waals surface area contributed by atoms with Crippen LogP contribution in [0.4, 0.5) is 0 Å². The molecule has 0 aliphatic carbocycles. The molecular weight excluding hydrogens is 599 g/mol. The Hall–Kier alpha value is -1.81. The highest BCUT2D eigenvalue weighted by molar-refractivity contribution is 9.10. The van der Waals surface area contributed by atoms with Crippen LogP contribution in [0.1, 0.15) is 11.1 Å². The van der Waals surface area contributed by atoms with Crippen molar-refractivity contribution in [3.63, 3.8) is 0 Å². The van der Waals surface area contributed by atoms with Crippen molar-refractivity contribution in [3.05, 3.63) is 56.7 Å². The molecule has 4 rings (SSSR count). The second-order valence-corrected chi connectivity index (χ2v) is 11.8. The van der Waals surface area contributed by atoms with Gasteiger partial charge in [-0.05, 0) is 108 Å². The van der Waals surface area contributed by atoms with Gasteiger partial charge in [0, 0.05) is 23.9 Å². The lowest BCUT2D eigenvalue weighted by molar-refractivity contribution is 0.293. The number of benzene rings is 2. The summed E-state index contributed by atoms with van der Waals surface area (Å²) in [6.45, 7) is 1.63. The fourth-order valence-corrected chi connectivity index (χ4v) is 6.12. The quantitative estimate of drug-likeness (QED) is 0.188. The van der Waals surface area contributed by atoms with E-state index in [4.69, 9.17) is 9.05 Å². The van der Waals surface area contributed by atoms with E-state index in [-0.39, 0.29) is 0 Å². The summed E-state index contributed by atoms with van der Waals surface area (Å²) in [7, 11) is 3.49. The van der Waals surface area contributed by atoms with Crippen LogP contribution in [0.25, 0.3) is 21.8 Å². The fraction of sp³-hybridized carbons (Fsp3) is 0.333. The van der Waals surface area contributed by atoms with Crippen LogP contribution in [0.5, 0.6) is 11.5 Å². The van der Waals surface area contributed by atoms with E-state index in [2.05, 4.69) is 51.6 Å². The number of nitrogens with one attached hydrogen (secondary N) is 2. The number of fused-ring (bicyclic) bond motifs is 2. The zero-order valence-electron chi connectivity index (χ0n) is 20.1. The van der Waals surface area contributed by atoms with Crippen molar-refractivity contribution in [1.29, 1.82) is 0 Å². The average molecular weight is 628 g/mol. The highest BCUT2D eigenvalue weighted by Crippen LogP contribution is 2.49. The second kappa shape index (κ2) is 10.7. The molecule has 8 nitrogen and oxygen atoms in total. The van der Waals surface area contributed by atoms with Gasteiger partial charge in [0.2, 0.25) is 0 Å². The lowest BCUT2D eigenvalue weighted by Crippen LogP contribution is -2.15. The number of nitrogens with zero attached hydrogens (tertiary/aromatic N) is 2. The number of rotatable bonds is 10. The van der Waals surface area contributed by atoms with E-state index in [1.54, 1.807) is 24.3 Å². The molecule has 0 fully saturated rings. The predicted octanol–water partition coefficient (Wildman–Crippen LogP) is 5.94. The maximum Gasteiger partial charge on any atom is 0.584 e. The minimum absolute atomic E-state index is 0.291. The number of phosphoric acid groups is 1. The van der Waals surface area contributed by atoms with Crippen LogP contribution in [0.2, 0.25) is 0 Å². The summed E-state index contributed by atoms with van der Waals surface area (Å²) >= 11 is 7.17. The van der Waals surface area contributed by atoms with Gasteiger partial charge in [-0.2, -0.15) is 0 Å². The van der Waals surface area contributed by atoms with Gasteiger partial charge in [-0.25, -0.2) is 4.57 Å². The first kappa shape index (κ1) is 26.3. The molecule has 0 aliphatic heterocycles. The van der Waals surface area contributed by atoms with Gasteiger partial charge in [-0.3, -0.25) is 4.89 Å². The van der Waals surface area contributed by atoms with Crippen LogP contribution in [0, 0.1) is 0 Å². The molecule has 2 aromatic heterocycles. The Morgan fingerprint density at radius 1 is 0.800 bits per heavy atom. The van der Waals surface area contributed by atoms with Crippen LogP contribution in [-0.4, -0.2) is 65.9 Å². The standard InChI is InChI=1S/C24H29Br2N4O4P/c1-29(2)13-11-15-21-17(27-23(15)25)7-5-9-19(21)33-35(31,32)34-20-10-6-8-18-22(20)16(24(26)28-18)12-14-30(3)4/h5-10,27-28H,11-14H2,1-4H3,(H,31,32). The number of likely N-dealkylation sites (N-methyl/N-ethyl adjacent to an activating group) is 2. The Morgan fingerprint density at radius 2 is 1.20 bits per heavy atom. The molecule has 0 atom stereocenters. The van der Waals surface area contributed by atoms with E-state index < -0.39 is 7.82 Å². The molecule has 4 aromatic rings. The molecule has 0 saturated carbocycles. The van der Waals surface area contributed by atoms with Crippen molar-refractivity contribution in [2.75, 3.05) is 41.3 Å². The Labute approximate surface area is 221 Å². The Morgan fingerprint density at radius 3 is 1.57 bits per heavy atom. The molecule has 0 amide bonds. The second-order valence-electron chi connectivity index (χ2n) is 8.95. The number of hydrogen-bond donors (Lipinski definition) is 3. The van der Waals surface area contributed by atoms with Crippen LogP contribution >= 0.6 is 39.7 Å². The molecule has 0 radical (unpaired) electrons. The minimum atomic E-state index is -4.52. The molecule has 11 heteroatoms. The highest BCUT2D eigenvalue weighted by atomic mass is 79.9. The summed E-state index contributed by atoms with van der Waals surface area (Å²) < 4.78 is 26.3. The van der Waals surface area contributed by atoms with Crippen molar-refractivity contribution >= 4 is 61.5 Å². The molecule has 0 spiro atoms. The zero-order valence-corrected chi connectivity index (χ0v) is 24.1. The van der Waals surface area contributed by atoms with E-state index in [0.717, 1.165) is 68.1 Å². The maximum absolute atomic E-state index is 13.3. The number of aromatic amines is 2. The summed E-state index contributed by atoms with van der Waals surface area (Å²) in [5.41, 5.74) is 3.58. The molecule has 2 heterocycles. The molecule has 0 bridgehead atoms. The van der Waals surface area contributed by atoms with Gasteiger partial charge in [0.25, 0.3) is 0 Å². The number of phosphoric ester groups is 1. The summed E-state index contributed by atoms with van der Waals surface area (Å²) in [6, 6.07) is 10.7. The molecule has 188 valence electrons. The van der Waals surface area contributed by atoms with Crippen LogP contribution in [0.15, 0.2) is 45.6 Å². The smallest absolute Gasteiger partial charge is 0.394 e. The minimum Gasteiger partial charge on any atom is -0.394 e. The van der Waals surface area contributed by atoms with E-state index >= 15 is 0 Å². The normalized spacial score (nSPS) is 12.4. The lowest BCUT2D eigenvalue weighted by atomic mass is 10.1. The Balaban J connectivity index is 1.68. The average Bonchev–Trinajstić information content (AvgIpc) is 3.26. The van der Waals surface area contributed by atoms with Crippen molar-refractivity contribution in [2.24, 2.45) is 0 Å². The number of hydrogen-bond acceptors (Lipinski definition) is 5.